The molecular formula is C32H42N2O3. The summed E-state index contributed by atoms with van der Waals surface area (Å²) < 4.78 is 8.11. The zero-order valence-corrected chi connectivity index (χ0v) is 22.4. The summed E-state index contributed by atoms with van der Waals surface area (Å²) >= 11 is 0. The average molecular weight is 503 g/mol. The normalized spacial score (nSPS) is 38.0. The molecule has 2 N–H and O–H groups in total. The minimum absolute atomic E-state index is 0.0513. The van der Waals surface area contributed by atoms with Gasteiger partial charge in [-0.05, 0) is 97.8 Å². The van der Waals surface area contributed by atoms with Gasteiger partial charge in [-0.1, -0.05) is 43.7 Å². The Labute approximate surface area is 221 Å². The van der Waals surface area contributed by atoms with E-state index in [2.05, 4.69) is 53.7 Å². The maximum Gasteiger partial charge on any atom is 0.119 e. The highest BCUT2D eigenvalue weighted by Gasteiger charge is 2.59. The van der Waals surface area contributed by atoms with Gasteiger partial charge in [0.15, 0.2) is 0 Å². The maximum atomic E-state index is 11.6. The number of rotatable bonds is 6. The number of hydrogen-bond acceptors (Lipinski definition) is 4. The molecule has 1 heterocycles. The zero-order chi connectivity index (χ0) is 25.6. The molecule has 1 aromatic heterocycles. The predicted octanol–water partition coefficient (Wildman–Crippen LogP) is 6.03. The molecular weight excluding hydrogens is 460 g/mol. The molecule has 4 aliphatic rings. The maximum absolute atomic E-state index is 11.6. The van der Waals surface area contributed by atoms with Crippen LogP contribution in [0.25, 0.3) is 6.08 Å². The van der Waals surface area contributed by atoms with Gasteiger partial charge in [0.05, 0.1) is 25.1 Å². The quantitative estimate of drug-likeness (QED) is 0.374. The molecule has 37 heavy (non-hydrogen) atoms. The first-order chi connectivity index (χ1) is 17.9. The second kappa shape index (κ2) is 9.74. The second-order valence-corrected chi connectivity index (χ2v) is 12.6. The van der Waals surface area contributed by atoms with Crippen molar-refractivity contribution in [1.82, 2.24) is 9.55 Å². The van der Waals surface area contributed by atoms with E-state index in [1.165, 1.54) is 17.6 Å². The number of imidazole rings is 1. The fourth-order valence-electron chi connectivity index (χ4n) is 8.40. The van der Waals surface area contributed by atoms with Gasteiger partial charge in [-0.15, -0.1) is 0 Å². The molecule has 4 aliphatic carbocycles. The number of ether oxygens (including phenoxy) is 1. The molecule has 3 fully saturated rings. The van der Waals surface area contributed by atoms with E-state index >= 15 is 0 Å². The molecule has 1 aromatic carbocycles. The minimum Gasteiger partial charge on any atom is -0.494 e. The molecule has 0 saturated heterocycles. The minimum atomic E-state index is -0.385. The summed E-state index contributed by atoms with van der Waals surface area (Å²) in [6.45, 7) is 6.36. The number of benzene rings is 1. The monoisotopic (exact) mass is 502 g/mol. The summed E-state index contributed by atoms with van der Waals surface area (Å²) in [5.41, 5.74) is 3.98. The molecule has 0 spiro atoms. The van der Waals surface area contributed by atoms with E-state index in [-0.39, 0.29) is 23.0 Å². The third kappa shape index (κ3) is 4.48. The fourth-order valence-corrected chi connectivity index (χ4v) is 8.40. The molecule has 6 rings (SSSR count). The Kier molecular flexibility index (Phi) is 6.57. The lowest BCUT2D eigenvalue weighted by Crippen LogP contribution is -2.51. The Balaban J connectivity index is 1.16. The molecule has 0 aliphatic heterocycles. The number of aryl methyl sites for hydroxylation is 1. The van der Waals surface area contributed by atoms with Gasteiger partial charge in [0.1, 0.15) is 5.75 Å². The Morgan fingerprint density at radius 3 is 2.86 bits per heavy atom. The highest BCUT2D eigenvalue weighted by molar-refractivity contribution is 5.57. The number of fused-ring (bicyclic) bond motifs is 5. The molecule has 2 aromatic rings. The Morgan fingerprint density at radius 1 is 1.14 bits per heavy atom. The van der Waals surface area contributed by atoms with Crippen molar-refractivity contribution in [2.45, 2.75) is 84.0 Å². The van der Waals surface area contributed by atoms with Gasteiger partial charge in [0.25, 0.3) is 0 Å². The van der Waals surface area contributed by atoms with Crippen molar-refractivity contribution < 1.29 is 14.9 Å². The number of aliphatic hydroxyl groups is 2. The summed E-state index contributed by atoms with van der Waals surface area (Å²) in [5, 5.41) is 21.9. The van der Waals surface area contributed by atoms with Gasteiger partial charge in [-0.2, -0.15) is 0 Å². The molecule has 0 amide bonds. The van der Waals surface area contributed by atoms with Gasteiger partial charge >= 0.3 is 0 Å². The van der Waals surface area contributed by atoms with Crippen molar-refractivity contribution in [3.8, 4) is 5.75 Å². The summed E-state index contributed by atoms with van der Waals surface area (Å²) in [6.07, 6.45) is 17.9. The average Bonchev–Trinajstić information content (AvgIpc) is 3.49. The molecule has 3 saturated carbocycles. The van der Waals surface area contributed by atoms with Crippen molar-refractivity contribution >= 4 is 6.08 Å². The van der Waals surface area contributed by atoms with E-state index in [9.17, 15) is 10.2 Å². The van der Waals surface area contributed by atoms with Gasteiger partial charge in [0, 0.05) is 24.4 Å². The number of aliphatic hydroxyl groups excluding tert-OH is 2. The molecule has 0 bridgehead atoms. The van der Waals surface area contributed by atoms with E-state index in [0.717, 1.165) is 62.8 Å². The molecule has 5 nitrogen and oxygen atoms in total. The Hall–Kier alpha value is -2.37. The van der Waals surface area contributed by atoms with Crippen LogP contribution in [0.2, 0.25) is 0 Å². The van der Waals surface area contributed by atoms with Crippen LogP contribution >= 0.6 is 0 Å². The van der Waals surface area contributed by atoms with Crippen molar-refractivity contribution in [2.75, 3.05) is 6.61 Å². The number of aromatic nitrogens is 2. The Bertz CT molecular complexity index is 1170. The standard InChI is InChI=1S/C32H42N2O3/c1-31-11-9-25(35)20-24(31)7-8-27-28(31)10-12-32(2)29(27)19-23(30(32)36)17-22-5-3-6-26(18-22)37-16-4-14-34-15-13-33-21-34/h3,5-7,13,15,17-18,21,25,27-30,35-36H,4,8-12,14,16,19-20H2,1-2H3/b23-17+/t25-,27?,28?,29?,30-,31-,32?/m0/s1. The number of hydrogen-bond donors (Lipinski definition) is 2. The van der Waals surface area contributed by atoms with Gasteiger partial charge < -0.3 is 19.5 Å². The van der Waals surface area contributed by atoms with E-state index in [1.807, 2.05) is 18.6 Å². The van der Waals surface area contributed by atoms with Crippen molar-refractivity contribution in [3.05, 3.63) is 65.8 Å². The van der Waals surface area contributed by atoms with Crippen LogP contribution in [-0.2, 0) is 6.54 Å². The van der Waals surface area contributed by atoms with Crippen LogP contribution in [0.3, 0.4) is 0 Å². The summed E-state index contributed by atoms with van der Waals surface area (Å²) in [7, 11) is 0. The lowest BCUT2D eigenvalue weighted by Gasteiger charge is -2.57. The molecule has 0 radical (unpaired) electrons. The second-order valence-electron chi connectivity index (χ2n) is 12.6. The van der Waals surface area contributed by atoms with Crippen molar-refractivity contribution in [1.29, 1.82) is 0 Å². The van der Waals surface area contributed by atoms with Gasteiger partial charge in [0.2, 0.25) is 0 Å². The van der Waals surface area contributed by atoms with Gasteiger partial charge in [-0.3, -0.25) is 0 Å². The first kappa shape index (κ1) is 24.9. The third-order valence-corrected chi connectivity index (χ3v) is 10.5. The Morgan fingerprint density at radius 2 is 2.03 bits per heavy atom. The van der Waals surface area contributed by atoms with E-state index in [0.29, 0.717) is 24.4 Å². The zero-order valence-electron chi connectivity index (χ0n) is 22.4. The first-order valence-electron chi connectivity index (χ1n) is 14.3. The molecule has 4 unspecified atom stereocenters. The third-order valence-electron chi connectivity index (χ3n) is 10.5. The highest BCUT2D eigenvalue weighted by Crippen LogP contribution is 2.65. The highest BCUT2D eigenvalue weighted by atomic mass is 16.5. The van der Waals surface area contributed by atoms with Crippen LogP contribution in [-0.4, -0.2) is 38.6 Å². The van der Waals surface area contributed by atoms with Crippen molar-refractivity contribution in [3.63, 3.8) is 0 Å². The molecule has 7 atom stereocenters. The van der Waals surface area contributed by atoms with E-state index in [4.69, 9.17) is 4.74 Å². The number of nitrogens with zero attached hydrogens (tertiary/aromatic N) is 2. The topological polar surface area (TPSA) is 67.5 Å². The first-order valence-corrected chi connectivity index (χ1v) is 14.3. The van der Waals surface area contributed by atoms with Crippen LogP contribution in [0.1, 0.15) is 70.8 Å². The van der Waals surface area contributed by atoms with Crippen LogP contribution in [0.15, 0.2) is 60.2 Å². The summed E-state index contributed by atoms with van der Waals surface area (Å²) in [5.74, 6) is 2.68. The SMILES string of the molecule is CC12CCC3C(CC=C4C[C@@H](O)CC[C@@]43C)C1C/C(=C\c1cccc(OCCCn3ccnc3)c1)[C@@H]2O. The molecule has 5 heteroatoms. The van der Waals surface area contributed by atoms with E-state index < -0.39 is 0 Å². The van der Waals surface area contributed by atoms with Crippen molar-refractivity contribution in [2.24, 2.45) is 28.6 Å². The van der Waals surface area contributed by atoms with E-state index in [1.54, 1.807) is 6.20 Å². The summed E-state index contributed by atoms with van der Waals surface area (Å²) in [4.78, 5) is 4.09. The largest absolute Gasteiger partial charge is 0.494 e. The van der Waals surface area contributed by atoms with Crippen LogP contribution in [0.5, 0.6) is 5.75 Å². The van der Waals surface area contributed by atoms with Crippen LogP contribution < -0.4 is 4.74 Å². The fraction of sp³-hybridized carbons (Fsp3) is 0.594. The molecule has 198 valence electrons. The lowest BCUT2D eigenvalue weighted by molar-refractivity contribution is -0.0685. The predicted molar refractivity (Wildman–Crippen MR) is 146 cm³/mol. The summed E-state index contributed by atoms with van der Waals surface area (Å²) in [6, 6.07) is 8.29. The van der Waals surface area contributed by atoms with Crippen LogP contribution in [0, 0.1) is 28.6 Å². The lowest BCUT2D eigenvalue weighted by atomic mass is 9.48. The van der Waals surface area contributed by atoms with Gasteiger partial charge in [-0.25, -0.2) is 4.98 Å². The van der Waals surface area contributed by atoms with Crippen LogP contribution in [0.4, 0.5) is 0 Å². The number of allylic oxidation sites excluding steroid dienone is 1. The smallest absolute Gasteiger partial charge is 0.119 e.